The number of ether oxygens (including phenoxy) is 2. The van der Waals surface area contributed by atoms with Gasteiger partial charge >= 0.3 is 5.97 Å². The van der Waals surface area contributed by atoms with Crippen LogP contribution in [-0.4, -0.2) is 63.0 Å². The van der Waals surface area contributed by atoms with Gasteiger partial charge in [0, 0.05) is 0 Å². The van der Waals surface area contributed by atoms with Crippen molar-refractivity contribution in [2.75, 3.05) is 13.7 Å². The molecule has 0 amide bonds. The van der Waals surface area contributed by atoms with Crippen molar-refractivity contribution in [1.29, 1.82) is 0 Å². The Morgan fingerprint density at radius 1 is 0.462 bits per heavy atom. The zero-order valence-electron chi connectivity index (χ0n) is 39.8. The van der Waals surface area contributed by atoms with Crippen molar-refractivity contribution in [3.8, 4) is 0 Å². The summed E-state index contributed by atoms with van der Waals surface area (Å²) >= 11 is 0. The van der Waals surface area contributed by atoms with E-state index < -0.39 is 59.3 Å². The second-order valence-corrected chi connectivity index (χ2v) is 33.0. The van der Waals surface area contributed by atoms with E-state index in [1.165, 1.54) is 7.11 Å². The molecule has 6 nitrogen and oxygen atoms in total. The molecule has 1 aliphatic heterocycles. The molecule has 0 radical (unpaired) electrons. The Bertz CT molecular complexity index is 2360. The maximum absolute atomic E-state index is 14.0. The minimum atomic E-state index is -3.33. The molecule has 0 aliphatic carbocycles. The standard InChI is InChI=1S/C56H66O6Si3/c1-54(2,3)63(43-29-17-11-18-30-43,44-31-19-12-20-32-44)59-42-51-52(62-65(56(7,8)9,47-37-25-15-26-38-47)48-39-27-16-28-40-48)49(41-50(60-51)53(57)58-10)61-64(55(4,5)6,45-33-21-13-22-34-45)46-35-23-14-24-36-46/h11-41,49,51-52H,42H2,1-10H3/t49-,51-,52+/m1/s1. The number of esters is 1. The predicted octanol–water partition coefficient (Wildman–Crippen LogP) is 8.91. The molecule has 0 saturated carbocycles. The van der Waals surface area contributed by atoms with Crippen LogP contribution in [0.25, 0.3) is 0 Å². The van der Waals surface area contributed by atoms with Gasteiger partial charge in [-0.15, -0.1) is 0 Å². The maximum Gasteiger partial charge on any atom is 0.373 e. The lowest BCUT2D eigenvalue weighted by atomic mass is 10.0. The Labute approximate surface area is 391 Å². The van der Waals surface area contributed by atoms with Gasteiger partial charge in [0.2, 0.25) is 5.76 Å². The van der Waals surface area contributed by atoms with Crippen LogP contribution >= 0.6 is 0 Å². The van der Waals surface area contributed by atoms with Crippen LogP contribution in [0.15, 0.2) is 194 Å². The molecule has 338 valence electrons. The minimum absolute atomic E-state index is 0.0776. The van der Waals surface area contributed by atoms with E-state index in [9.17, 15) is 4.79 Å². The molecule has 1 heterocycles. The number of hydrogen-bond donors (Lipinski definition) is 0. The highest BCUT2D eigenvalue weighted by molar-refractivity contribution is 7.01. The Morgan fingerprint density at radius 3 is 1.05 bits per heavy atom. The molecule has 0 unspecified atom stereocenters. The number of hydrogen-bond acceptors (Lipinski definition) is 6. The fourth-order valence-corrected chi connectivity index (χ4v) is 24.0. The van der Waals surface area contributed by atoms with Crippen molar-refractivity contribution < 1.29 is 27.5 Å². The smallest absolute Gasteiger partial charge is 0.373 e. The van der Waals surface area contributed by atoms with Gasteiger partial charge in [0.25, 0.3) is 25.0 Å². The van der Waals surface area contributed by atoms with E-state index in [2.05, 4.69) is 232 Å². The van der Waals surface area contributed by atoms with Crippen LogP contribution in [-0.2, 0) is 27.5 Å². The first kappa shape index (κ1) is 47.8. The number of carbonyl (C=O) groups is 1. The van der Waals surface area contributed by atoms with Gasteiger partial charge in [0.05, 0.1) is 19.8 Å². The van der Waals surface area contributed by atoms with Gasteiger partial charge in [0.1, 0.15) is 12.2 Å². The van der Waals surface area contributed by atoms with Crippen LogP contribution in [0.5, 0.6) is 0 Å². The SMILES string of the molecule is COC(=O)C1=C[C@@H](O[Si](c2ccccc2)(c2ccccc2)C(C)(C)C)[C@H](O[Si](c2ccccc2)(c2ccccc2)C(C)(C)C)[C@@H](CO[Si](c2ccccc2)(c2ccccc2)C(C)(C)C)O1. The largest absolute Gasteiger partial charge is 0.478 e. The highest BCUT2D eigenvalue weighted by Crippen LogP contribution is 2.44. The third-order valence-corrected chi connectivity index (χ3v) is 28.1. The van der Waals surface area contributed by atoms with E-state index in [1.54, 1.807) is 0 Å². The van der Waals surface area contributed by atoms with E-state index in [-0.39, 0.29) is 17.4 Å². The predicted molar refractivity (Wildman–Crippen MR) is 274 cm³/mol. The molecule has 6 aromatic carbocycles. The molecule has 7 rings (SSSR count). The Balaban J connectivity index is 1.52. The molecule has 0 spiro atoms. The molecule has 0 aromatic heterocycles. The molecule has 6 aromatic rings. The van der Waals surface area contributed by atoms with Crippen LogP contribution in [0.2, 0.25) is 15.1 Å². The first-order valence-corrected chi connectivity index (χ1v) is 28.5. The zero-order valence-corrected chi connectivity index (χ0v) is 42.8. The van der Waals surface area contributed by atoms with E-state index >= 15 is 0 Å². The fraction of sp³-hybridized carbons (Fsp3) is 0.304. The van der Waals surface area contributed by atoms with Crippen LogP contribution in [0.1, 0.15) is 62.3 Å². The monoisotopic (exact) mass is 918 g/mol. The third kappa shape index (κ3) is 9.20. The summed E-state index contributed by atoms with van der Waals surface area (Å²) in [6.45, 7) is 20.6. The number of methoxy groups -OCH3 is 1. The summed E-state index contributed by atoms with van der Waals surface area (Å²) in [6, 6.07) is 63.8. The van der Waals surface area contributed by atoms with Gasteiger partial charge in [-0.1, -0.05) is 244 Å². The van der Waals surface area contributed by atoms with Crippen molar-refractivity contribution in [3.05, 3.63) is 194 Å². The van der Waals surface area contributed by atoms with Crippen molar-refractivity contribution in [1.82, 2.24) is 0 Å². The Kier molecular flexibility index (Phi) is 14.2. The van der Waals surface area contributed by atoms with Crippen LogP contribution in [0.3, 0.4) is 0 Å². The summed E-state index contributed by atoms with van der Waals surface area (Å²) < 4.78 is 36.6. The van der Waals surface area contributed by atoms with E-state index in [4.69, 9.17) is 22.8 Å². The molecule has 0 N–H and O–H groups in total. The number of benzene rings is 6. The average molecular weight is 919 g/mol. The van der Waals surface area contributed by atoms with Gasteiger partial charge in [0.15, 0.2) is 0 Å². The van der Waals surface area contributed by atoms with Crippen molar-refractivity contribution in [2.24, 2.45) is 0 Å². The number of carbonyl (C=O) groups excluding carboxylic acids is 1. The zero-order chi connectivity index (χ0) is 46.5. The first-order valence-electron chi connectivity index (χ1n) is 22.8. The highest BCUT2D eigenvalue weighted by Gasteiger charge is 2.59. The van der Waals surface area contributed by atoms with Gasteiger partial charge in [-0.2, -0.15) is 0 Å². The number of rotatable bonds is 14. The summed E-state index contributed by atoms with van der Waals surface area (Å²) in [5.41, 5.74) is 0. The maximum atomic E-state index is 14.0. The van der Waals surface area contributed by atoms with Crippen molar-refractivity contribution in [2.45, 2.75) is 95.7 Å². The first-order chi connectivity index (χ1) is 31.0. The van der Waals surface area contributed by atoms with Gasteiger partial charge in [-0.05, 0) is 52.3 Å². The molecule has 9 heteroatoms. The molecule has 0 saturated heterocycles. The summed E-state index contributed by atoms with van der Waals surface area (Å²) in [5, 5.41) is 5.64. The second kappa shape index (κ2) is 19.4. The van der Waals surface area contributed by atoms with E-state index in [0.29, 0.717) is 0 Å². The summed E-state index contributed by atoms with van der Waals surface area (Å²) in [4.78, 5) is 14.0. The lowest BCUT2D eigenvalue weighted by Gasteiger charge is -2.52. The van der Waals surface area contributed by atoms with Gasteiger partial charge in [-0.25, -0.2) is 4.79 Å². The minimum Gasteiger partial charge on any atom is -0.478 e. The molecular weight excluding hydrogens is 853 g/mol. The van der Waals surface area contributed by atoms with Crippen LogP contribution in [0, 0.1) is 0 Å². The molecular formula is C56H66O6Si3. The molecule has 0 fully saturated rings. The van der Waals surface area contributed by atoms with Crippen molar-refractivity contribution in [3.63, 3.8) is 0 Å². The second-order valence-electron chi connectivity index (χ2n) is 20.1. The van der Waals surface area contributed by atoms with Gasteiger partial charge in [-0.3, -0.25) is 0 Å². The summed E-state index contributed by atoms with van der Waals surface area (Å²) in [6.07, 6.45) is -0.554. The quantitative estimate of drug-likeness (QED) is 0.0805. The molecule has 3 atom stereocenters. The van der Waals surface area contributed by atoms with Gasteiger partial charge < -0.3 is 22.8 Å². The average Bonchev–Trinajstić information content (AvgIpc) is 3.30. The third-order valence-electron chi connectivity index (χ3n) is 13.0. The topological polar surface area (TPSA) is 63.2 Å². The lowest BCUT2D eigenvalue weighted by molar-refractivity contribution is -0.146. The van der Waals surface area contributed by atoms with E-state index in [1.807, 2.05) is 18.2 Å². The normalized spacial score (nSPS) is 17.4. The Hall–Kier alpha value is -5.14. The van der Waals surface area contributed by atoms with Crippen LogP contribution in [0.4, 0.5) is 0 Å². The lowest BCUT2D eigenvalue weighted by Crippen LogP contribution is -2.73. The molecule has 65 heavy (non-hydrogen) atoms. The van der Waals surface area contributed by atoms with E-state index in [0.717, 1.165) is 31.1 Å². The van der Waals surface area contributed by atoms with Crippen molar-refractivity contribution >= 4 is 62.0 Å². The summed E-state index contributed by atoms with van der Waals surface area (Å²) in [7, 11) is -8.38. The highest BCUT2D eigenvalue weighted by atomic mass is 28.4. The molecule has 0 bridgehead atoms. The van der Waals surface area contributed by atoms with Crippen LogP contribution < -0.4 is 31.1 Å². The summed E-state index contributed by atoms with van der Waals surface area (Å²) in [5.74, 6) is -0.505. The Morgan fingerprint density at radius 2 is 0.754 bits per heavy atom. The molecule has 1 aliphatic rings. The fourth-order valence-electron chi connectivity index (χ4n) is 10.1.